The Morgan fingerprint density at radius 3 is 3.07 bits per heavy atom. The Kier molecular flexibility index (Phi) is 1.33. The molecule has 0 aromatic heterocycles. The monoisotopic (exact) mass is 184 g/mol. The average molecular weight is 184 g/mol. The number of allylic oxidation sites excluding steroid dienone is 3. The molecular formula is C10H8N4. The van der Waals surface area contributed by atoms with Gasteiger partial charge in [0.05, 0.1) is 5.70 Å². The Bertz CT molecular complexity index is 474. The number of hydrogen-bond acceptors (Lipinski definition) is 4. The molecule has 0 unspecified atom stereocenters. The lowest BCUT2D eigenvalue weighted by atomic mass is 10.1. The zero-order chi connectivity index (χ0) is 9.54. The van der Waals surface area contributed by atoms with Crippen molar-refractivity contribution in [1.29, 1.82) is 0 Å². The topological polar surface area (TPSA) is 40.3 Å². The summed E-state index contributed by atoms with van der Waals surface area (Å²) < 4.78 is 0. The fourth-order valence-corrected chi connectivity index (χ4v) is 1.62. The van der Waals surface area contributed by atoms with Crippen LogP contribution in [-0.4, -0.2) is 23.0 Å². The second-order valence-electron chi connectivity index (χ2n) is 3.22. The molecule has 0 aliphatic carbocycles. The lowest BCUT2D eigenvalue weighted by molar-refractivity contribution is 0.742. The van der Waals surface area contributed by atoms with Gasteiger partial charge in [-0.1, -0.05) is 6.08 Å². The lowest BCUT2D eigenvalue weighted by Gasteiger charge is -2.31. The van der Waals surface area contributed by atoms with Crippen LogP contribution in [0.5, 0.6) is 0 Å². The molecule has 3 rings (SSSR count). The summed E-state index contributed by atoms with van der Waals surface area (Å²) in [5.41, 5.74) is 2.19. The van der Waals surface area contributed by atoms with Gasteiger partial charge in [-0.25, -0.2) is 15.0 Å². The molecule has 4 nitrogen and oxygen atoms in total. The zero-order valence-corrected chi connectivity index (χ0v) is 7.68. The van der Waals surface area contributed by atoms with Gasteiger partial charge in [0.1, 0.15) is 12.2 Å². The molecule has 0 amide bonds. The van der Waals surface area contributed by atoms with Crippen LogP contribution in [0.25, 0.3) is 0 Å². The number of rotatable bonds is 0. The Hall–Kier alpha value is -1.97. The fraction of sp³-hybridized carbons (Fsp3) is 0.100. The molecule has 3 aliphatic rings. The third-order valence-electron chi connectivity index (χ3n) is 2.32. The maximum Gasteiger partial charge on any atom is 0.237 e. The molecule has 0 atom stereocenters. The first-order valence-corrected chi connectivity index (χ1v) is 4.40. The van der Waals surface area contributed by atoms with Gasteiger partial charge in [-0.15, -0.1) is 0 Å². The minimum atomic E-state index is 0.691. The van der Waals surface area contributed by atoms with Crippen LogP contribution in [0.1, 0.15) is 6.92 Å². The molecule has 0 saturated carbocycles. The maximum atomic E-state index is 4.24. The van der Waals surface area contributed by atoms with E-state index in [0.717, 1.165) is 17.1 Å². The van der Waals surface area contributed by atoms with E-state index in [1.807, 2.05) is 24.0 Å². The molecule has 14 heavy (non-hydrogen) atoms. The van der Waals surface area contributed by atoms with E-state index in [0.29, 0.717) is 5.96 Å². The summed E-state index contributed by atoms with van der Waals surface area (Å²) in [6, 6.07) is 0. The van der Waals surface area contributed by atoms with Crippen molar-refractivity contribution in [2.24, 2.45) is 15.0 Å². The summed E-state index contributed by atoms with van der Waals surface area (Å²) in [6.45, 7) is 2.03. The fourth-order valence-electron chi connectivity index (χ4n) is 1.62. The average Bonchev–Trinajstić information content (AvgIpc) is 2.24. The molecule has 0 bridgehead atoms. The first kappa shape index (κ1) is 7.44. The molecular weight excluding hydrogens is 176 g/mol. The van der Waals surface area contributed by atoms with E-state index in [4.69, 9.17) is 0 Å². The van der Waals surface area contributed by atoms with Crippen LogP contribution in [0, 0.1) is 0 Å². The predicted molar refractivity (Wildman–Crippen MR) is 56.2 cm³/mol. The van der Waals surface area contributed by atoms with Crippen LogP contribution in [-0.2, 0) is 0 Å². The summed E-state index contributed by atoms with van der Waals surface area (Å²) in [4.78, 5) is 14.5. The van der Waals surface area contributed by atoms with Gasteiger partial charge in [0.25, 0.3) is 0 Å². The molecule has 0 radical (unpaired) electrons. The Labute approximate surface area is 81.4 Å². The van der Waals surface area contributed by atoms with E-state index < -0.39 is 0 Å². The molecule has 0 saturated heterocycles. The zero-order valence-electron chi connectivity index (χ0n) is 7.68. The summed E-state index contributed by atoms with van der Waals surface area (Å²) in [6.07, 6.45) is 9.34. The van der Waals surface area contributed by atoms with Gasteiger partial charge < -0.3 is 0 Å². The quantitative estimate of drug-likeness (QED) is 0.561. The van der Waals surface area contributed by atoms with Gasteiger partial charge in [0.2, 0.25) is 5.96 Å². The molecule has 0 aromatic rings. The molecule has 0 N–H and O–H groups in total. The van der Waals surface area contributed by atoms with Gasteiger partial charge >= 0.3 is 0 Å². The van der Waals surface area contributed by atoms with E-state index in [9.17, 15) is 0 Å². The smallest absolute Gasteiger partial charge is 0.237 e. The normalized spacial score (nSPS) is 22.2. The Morgan fingerprint density at radius 2 is 2.14 bits per heavy atom. The minimum Gasteiger partial charge on any atom is -0.262 e. The molecule has 4 heteroatoms. The number of aliphatic imine (C=N–C) groups is 3. The SMILES string of the molecule is CC1=CC=C2C=CN=C3N=CN=C1N23. The van der Waals surface area contributed by atoms with Crippen LogP contribution < -0.4 is 0 Å². The van der Waals surface area contributed by atoms with E-state index in [1.165, 1.54) is 0 Å². The molecule has 3 aliphatic heterocycles. The van der Waals surface area contributed by atoms with Crippen molar-refractivity contribution < 1.29 is 0 Å². The third kappa shape index (κ3) is 0.849. The van der Waals surface area contributed by atoms with E-state index >= 15 is 0 Å². The van der Waals surface area contributed by atoms with Crippen molar-refractivity contribution in [2.75, 3.05) is 0 Å². The van der Waals surface area contributed by atoms with Crippen LogP contribution in [0.4, 0.5) is 0 Å². The first-order chi connectivity index (χ1) is 6.86. The summed E-state index contributed by atoms with van der Waals surface area (Å²) in [5.74, 6) is 1.61. The third-order valence-corrected chi connectivity index (χ3v) is 2.32. The second kappa shape index (κ2) is 2.51. The lowest BCUT2D eigenvalue weighted by Crippen LogP contribution is -2.40. The van der Waals surface area contributed by atoms with Crippen molar-refractivity contribution in [3.05, 3.63) is 35.7 Å². The highest BCUT2D eigenvalue weighted by Crippen LogP contribution is 2.23. The Morgan fingerprint density at radius 1 is 1.21 bits per heavy atom. The van der Waals surface area contributed by atoms with E-state index in [-0.39, 0.29) is 0 Å². The van der Waals surface area contributed by atoms with E-state index in [2.05, 4.69) is 21.1 Å². The highest BCUT2D eigenvalue weighted by atomic mass is 15.4. The van der Waals surface area contributed by atoms with Gasteiger partial charge in [0.15, 0.2) is 0 Å². The van der Waals surface area contributed by atoms with Gasteiger partial charge in [-0.2, -0.15) is 0 Å². The van der Waals surface area contributed by atoms with Crippen molar-refractivity contribution >= 4 is 18.1 Å². The van der Waals surface area contributed by atoms with Crippen LogP contribution in [0.2, 0.25) is 0 Å². The summed E-state index contributed by atoms with van der Waals surface area (Å²) >= 11 is 0. The van der Waals surface area contributed by atoms with Crippen molar-refractivity contribution in [3.8, 4) is 0 Å². The molecule has 3 heterocycles. The van der Waals surface area contributed by atoms with Crippen LogP contribution in [0.3, 0.4) is 0 Å². The molecule has 68 valence electrons. The van der Waals surface area contributed by atoms with Gasteiger partial charge in [-0.3, -0.25) is 4.90 Å². The van der Waals surface area contributed by atoms with Crippen molar-refractivity contribution in [2.45, 2.75) is 6.92 Å². The van der Waals surface area contributed by atoms with Crippen molar-refractivity contribution in [1.82, 2.24) is 4.90 Å². The van der Waals surface area contributed by atoms with E-state index in [1.54, 1.807) is 12.5 Å². The first-order valence-electron chi connectivity index (χ1n) is 4.40. The Balaban J connectivity index is 2.24. The van der Waals surface area contributed by atoms with Gasteiger partial charge in [0, 0.05) is 6.20 Å². The second-order valence-corrected chi connectivity index (χ2v) is 3.22. The molecule has 0 spiro atoms. The molecule has 0 aromatic carbocycles. The predicted octanol–water partition coefficient (Wildman–Crippen LogP) is 1.46. The minimum absolute atomic E-state index is 0.691. The maximum absolute atomic E-state index is 4.24. The van der Waals surface area contributed by atoms with Crippen molar-refractivity contribution in [3.63, 3.8) is 0 Å². The highest BCUT2D eigenvalue weighted by Gasteiger charge is 2.27. The number of guanidine groups is 1. The summed E-state index contributed by atoms with van der Waals surface area (Å²) in [7, 11) is 0. The highest BCUT2D eigenvalue weighted by molar-refractivity contribution is 6.17. The summed E-state index contributed by atoms with van der Waals surface area (Å²) in [5, 5.41) is 0. The number of hydrogen-bond donors (Lipinski definition) is 0. The van der Waals surface area contributed by atoms with Gasteiger partial charge in [-0.05, 0) is 24.6 Å². The number of amidine groups is 1. The number of nitrogens with zero attached hydrogens (tertiary/aromatic N) is 4. The largest absolute Gasteiger partial charge is 0.262 e. The molecule has 0 fully saturated rings. The van der Waals surface area contributed by atoms with Crippen LogP contribution in [0.15, 0.2) is 50.7 Å². The standard InChI is InChI=1S/C10H8N4/c1-7-2-3-8-4-5-11-10-13-6-12-9(7)14(8)10/h2-6H,1H3. The van der Waals surface area contributed by atoms with Crippen LogP contribution >= 0.6 is 0 Å².